The van der Waals surface area contributed by atoms with Gasteiger partial charge in [0.05, 0.1) is 10.5 Å². The normalized spacial score (nSPS) is 19.8. The van der Waals surface area contributed by atoms with E-state index >= 15 is 0 Å². The summed E-state index contributed by atoms with van der Waals surface area (Å²) < 4.78 is 6.46. The zero-order valence-corrected chi connectivity index (χ0v) is 25.1. The molecular weight excluding hydrogens is 592 g/mol. The van der Waals surface area contributed by atoms with Crippen LogP contribution in [0, 0.1) is 17.8 Å². The molecule has 1 saturated heterocycles. The van der Waals surface area contributed by atoms with E-state index < -0.39 is 35.8 Å². The highest BCUT2D eigenvalue weighted by Gasteiger charge is 2.34. The number of hydrogen-bond donors (Lipinski definition) is 4. The molecule has 11 heteroatoms. The highest BCUT2D eigenvalue weighted by atomic mass is 79.9. The number of halogens is 1. The summed E-state index contributed by atoms with van der Waals surface area (Å²) in [5, 5.41) is 11.9. The molecule has 0 radical (unpaired) electrons. The molecule has 2 aromatic rings. The van der Waals surface area contributed by atoms with E-state index in [4.69, 9.17) is 4.42 Å². The minimum absolute atomic E-state index is 0.0756. The molecule has 1 aromatic heterocycles. The minimum atomic E-state index is -0.926. The first-order valence-electron chi connectivity index (χ1n) is 14.5. The second-order valence-electron chi connectivity index (χ2n) is 11.5. The Hall–Kier alpha value is -3.21. The second kappa shape index (κ2) is 14.1. The smallest absolute Gasteiger partial charge is 0.287 e. The number of carbonyl (C=O) groups excluding carboxylic acids is 5. The van der Waals surface area contributed by atoms with Crippen LogP contribution in [0.15, 0.2) is 33.2 Å². The van der Waals surface area contributed by atoms with Crippen molar-refractivity contribution in [2.24, 2.45) is 17.8 Å². The van der Waals surface area contributed by atoms with Crippen molar-refractivity contribution >= 4 is 56.8 Å². The fourth-order valence-corrected chi connectivity index (χ4v) is 6.21. The van der Waals surface area contributed by atoms with Gasteiger partial charge in [-0.05, 0) is 59.2 Å². The van der Waals surface area contributed by atoms with Gasteiger partial charge in [0, 0.05) is 17.8 Å². The number of para-hydroxylation sites is 1. The average molecular weight is 632 g/mol. The molecule has 4 N–H and O–H groups in total. The topological polar surface area (TPSA) is 147 Å². The highest BCUT2D eigenvalue weighted by Crippen LogP contribution is 2.28. The van der Waals surface area contributed by atoms with Gasteiger partial charge in [0.25, 0.3) is 5.91 Å². The predicted octanol–water partition coefficient (Wildman–Crippen LogP) is 3.61. The molecule has 4 amide bonds. The fraction of sp³-hybridized carbons (Fsp3) is 0.567. The van der Waals surface area contributed by atoms with Gasteiger partial charge in [0.1, 0.15) is 24.0 Å². The molecule has 1 saturated carbocycles. The number of furan rings is 1. The first-order chi connectivity index (χ1) is 19.7. The van der Waals surface area contributed by atoms with Crippen LogP contribution in [0.5, 0.6) is 0 Å². The third-order valence-electron chi connectivity index (χ3n) is 8.08. The average Bonchev–Trinajstić information content (AvgIpc) is 3.58. The van der Waals surface area contributed by atoms with Gasteiger partial charge in [-0.2, -0.15) is 0 Å². The number of hydrogen-bond acceptors (Lipinski definition) is 6. The summed E-state index contributed by atoms with van der Waals surface area (Å²) in [6.45, 7) is 4.17. The van der Waals surface area contributed by atoms with E-state index in [1.807, 2.05) is 32.0 Å². The molecule has 2 aliphatic rings. The van der Waals surface area contributed by atoms with E-state index in [9.17, 15) is 24.0 Å². The van der Waals surface area contributed by atoms with Gasteiger partial charge in [0.15, 0.2) is 5.76 Å². The summed E-state index contributed by atoms with van der Waals surface area (Å²) >= 11 is 3.42. The van der Waals surface area contributed by atoms with Gasteiger partial charge in [-0.1, -0.05) is 58.1 Å². The van der Waals surface area contributed by atoms with Crippen molar-refractivity contribution in [3.05, 3.63) is 34.5 Å². The number of fused-ring (bicyclic) bond motifs is 1. The summed E-state index contributed by atoms with van der Waals surface area (Å²) in [6.07, 6.45) is 7.11. The standard InChI is InChI=1S/C30H39BrN4O6/c1-17(2)25(35-29(39)24-15-19-9-6-10-22(31)26(19)41-24)30(40)34-23(13-18-7-4-3-5-8-18)28(38)33-21(16-36)14-20-11-12-32-27(20)37/h6,9-10,15-18,20-21,23,25H,3-5,7-8,11-14H2,1-2H3,(H,32,37)(H,33,38)(H,34,40)(H,35,39)/t20-,21-,23-,25?/m0/s1. The third kappa shape index (κ3) is 7.96. The lowest BCUT2D eigenvalue weighted by Crippen LogP contribution is -2.57. The molecule has 4 atom stereocenters. The van der Waals surface area contributed by atoms with Crippen molar-refractivity contribution in [1.82, 2.24) is 21.3 Å². The number of carbonyl (C=O) groups is 5. The summed E-state index contributed by atoms with van der Waals surface area (Å²) in [6, 6.07) is 4.45. The number of nitrogens with one attached hydrogen (secondary N) is 4. The van der Waals surface area contributed by atoms with Crippen LogP contribution in [0.2, 0.25) is 0 Å². The number of aldehydes is 1. The van der Waals surface area contributed by atoms with Crippen LogP contribution < -0.4 is 21.3 Å². The van der Waals surface area contributed by atoms with Gasteiger partial charge >= 0.3 is 0 Å². The van der Waals surface area contributed by atoms with Crippen LogP contribution in [0.3, 0.4) is 0 Å². The largest absolute Gasteiger partial charge is 0.450 e. The van der Waals surface area contributed by atoms with E-state index in [0.29, 0.717) is 35.7 Å². The van der Waals surface area contributed by atoms with Gasteiger partial charge in [-0.15, -0.1) is 0 Å². The molecule has 4 rings (SSSR count). The summed E-state index contributed by atoms with van der Waals surface area (Å²) in [5.74, 6) is -1.89. The first kappa shape index (κ1) is 30.7. The van der Waals surface area contributed by atoms with Crippen LogP contribution in [0.25, 0.3) is 11.0 Å². The molecule has 1 aromatic carbocycles. The van der Waals surface area contributed by atoms with E-state index in [1.165, 1.54) is 0 Å². The quantitative estimate of drug-likeness (QED) is 0.263. The van der Waals surface area contributed by atoms with Crippen molar-refractivity contribution in [2.75, 3.05) is 6.54 Å². The van der Waals surface area contributed by atoms with Crippen LogP contribution in [-0.4, -0.2) is 54.6 Å². The summed E-state index contributed by atoms with van der Waals surface area (Å²) in [7, 11) is 0. The van der Waals surface area contributed by atoms with E-state index in [0.717, 1.165) is 37.5 Å². The van der Waals surface area contributed by atoms with Crippen molar-refractivity contribution in [2.45, 2.75) is 83.3 Å². The Bertz CT molecular complexity index is 1270. The Morgan fingerprint density at radius 2 is 1.80 bits per heavy atom. The molecule has 1 unspecified atom stereocenters. The summed E-state index contributed by atoms with van der Waals surface area (Å²) in [4.78, 5) is 63.9. The lowest BCUT2D eigenvalue weighted by Gasteiger charge is -2.29. The number of rotatable bonds is 12. The van der Waals surface area contributed by atoms with Crippen LogP contribution in [-0.2, 0) is 19.2 Å². The Morgan fingerprint density at radius 1 is 1.05 bits per heavy atom. The first-order valence-corrected chi connectivity index (χ1v) is 15.3. The molecule has 0 bridgehead atoms. The predicted molar refractivity (Wildman–Crippen MR) is 157 cm³/mol. The molecular formula is C30H39BrN4O6. The maximum atomic E-state index is 13.5. The van der Waals surface area contributed by atoms with Crippen LogP contribution in [0.1, 0.15) is 75.8 Å². The summed E-state index contributed by atoms with van der Waals surface area (Å²) in [5.41, 5.74) is 0.534. The Labute approximate surface area is 248 Å². The lowest BCUT2D eigenvalue weighted by atomic mass is 9.84. The number of benzene rings is 1. The van der Waals surface area contributed by atoms with E-state index in [2.05, 4.69) is 37.2 Å². The number of amides is 4. The van der Waals surface area contributed by atoms with E-state index in [-0.39, 0.29) is 35.8 Å². The maximum Gasteiger partial charge on any atom is 0.287 e. The zero-order valence-electron chi connectivity index (χ0n) is 23.5. The Morgan fingerprint density at radius 3 is 2.44 bits per heavy atom. The fourth-order valence-electron chi connectivity index (χ4n) is 5.74. The SMILES string of the molecule is CC(C)C(NC(=O)c1cc2cccc(Br)c2o1)C(=O)N[C@@H](CC1CCCCC1)C(=O)N[C@H](C=O)C[C@@H]1CCNC1=O. The van der Waals surface area contributed by atoms with Crippen molar-refractivity contribution in [3.8, 4) is 0 Å². The van der Waals surface area contributed by atoms with Gasteiger partial charge < -0.3 is 30.5 Å². The lowest BCUT2D eigenvalue weighted by molar-refractivity contribution is -0.132. The van der Waals surface area contributed by atoms with Crippen molar-refractivity contribution in [1.29, 1.82) is 0 Å². The van der Waals surface area contributed by atoms with Crippen molar-refractivity contribution < 1.29 is 28.4 Å². The Kier molecular flexibility index (Phi) is 10.6. The van der Waals surface area contributed by atoms with E-state index in [1.54, 1.807) is 6.07 Å². The molecule has 2 fully saturated rings. The molecule has 222 valence electrons. The third-order valence-corrected chi connectivity index (χ3v) is 8.70. The van der Waals surface area contributed by atoms with Crippen LogP contribution >= 0.6 is 15.9 Å². The van der Waals surface area contributed by atoms with Gasteiger partial charge in [-0.3, -0.25) is 19.2 Å². The highest BCUT2D eigenvalue weighted by molar-refractivity contribution is 9.10. The molecule has 10 nitrogen and oxygen atoms in total. The molecule has 0 spiro atoms. The Balaban J connectivity index is 1.46. The molecule has 2 heterocycles. The monoisotopic (exact) mass is 630 g/mol. The van der Waals surface area contributed by atoms with Crippen LogP contribution in [0.4, 0.5) is 0 Å². The molecule has 41 heavy (non-hydrogen) atoms. The molecule has 1 aliphatic heterocycles. The van der Waals surface area contributed by atoms with Crippen molar-refractivity contribution in [3.63, 3.8) is 0 Å². The van der Waals surface area contributed by atoms with Gasteiger partial charge in [0.2, 0.25) is 17.7 Å². The zero-order chi connectivity index (χ0) is 29.5. The van der Waals surface area contributed by atoms with Gasteiger partial charge in [-0.25, -0.2) is 0 Å². The maximum absolute atomic E-state index is 13.5. The molecule has 1 aliphatic carbocycles. The minimum Gasteiger partial charge on any atom is -0.450 e. The second-order valence-corrected chi connectivity index (χ2v) is 12.4.